The van der Waals surface area contributed by atoms with Crippen LogP contribution in [0.2, 0.25) is 0 Å². The average Bonchev–Trinajstić information content (AvgIpc) is 2.60. The molecule has 1 aliphatic rings. The van der Waals surface area contributed by atoms with Gasteiger partial charge in [0, 0.05) is 12.6 Å². The fourth-order valence-corrected chi connectivity index (χ4v) is 5.98. The van der Waals surface area contributed by atoms with Crippen LogP contribution in [0.1, 0.15) is 43.0 Å². The summed E-state index contributed by atoms with van der Waals surface area (Å²) in [4.78, 5) is 0.877. The molecule has 6 heteroatoms. The fraction of sp³-hybridized carbons (Fsp3) is 0.692. The summed E-state index contributed by atoms with van der Waals surface area (Å²) in [5.41, 5.74) is 0.741. The lowest BCUT2D eigenvalue weighted by atomic mass is 10.1. The summed E-state index contributed by atoms with van der Waals surface area (Å²) in [5, 5.41) is 11.1. The number of aliphatic hydroxyl groups excluding tert-OH is 1. The van der Waals surface area contributed by atoms with E-state index < -0.39 is 10.0 Å². The van der Waals surface area contributed by atoms with Gasteiger partial charge in [-0.3, -0.25) is 0 Å². The summed E-state index contributed by atoms with van der Waals surface area (Å²) in [6.45, 7) is 4.15. The molecule has 0 radical (unpaired) electrons. The number of nitrogens with zero attached hydrogens (tertiary/aromatic N) is 1. The molecule has 4 nitrogen and oxygen atoms in total. The Labute approximate surface area is 119 Å². The first-order valence-corrected chi connectivity index (χ1v) is 9.00. The molecule has 1 unspecified atom stereocenters. The lowest BCUT2D eigenvalue weighted by Crippen LogP contribution is -2.38. The van der Waals surface area contributed by atoms with Crippen molar-refractivity contribution in [3.63, 3.8) is 0 Å². The predicted octanol–water partition coefficient (Wildman–Crippen LogP) is 2.50. The summed E-state index contributed by atoms with van der Waals surface area (Å²) >= 11 is 1.32. The Morgan fingerprint density at radius 2 is 2.16 bits per heavy atom. The van der Waals surface area contributed by atoms with Gasteiger partial charge in [-0.1, -0.05) is 12.8 Å². The predicted molar refractivity (Wildman–Crippen MR) is 76.8 cm³/mol. The highest BCUT2D eigenvalue weighted by Gasteiger charge is 2.33. The molecule has 0 spiro atoms. The highest BCUT2D eigenvalue weighted by Crippen LogP contribution is 2.32. The van der Waals surface area contributed by atoms with Crippen LogP contribution in [0, 0.1) is 6.92 Å². The summed E-state index contributed by atoms with van der Waals surface area (Å²) in [6.07, 6.45) is 4.01. The topological polar surface area (TPSA) is 57.6 Å². The van der Waals surface area contributed by atoms with E-state index >= 15 is 0 Å². The summed E-state index contributed by atoms with van der Waals surface area (Å²) in [7, 11) is -3.48. The molecule has 1 N–H and O–H groups in total. The second kappa shape index (κ2) is 5.91. The van der Waals surface area contributed by atoms with Crippen LogP contribution in [0.3, 0.4) is 0 Å². The van der Waals surface area contributed by atoms with Gasteiger partial charge in [0.2, 0.25) is 10.0 Å². The van der Waals surface area contributed by atoms with Crippen molar-refractivity contribution in [2.75, 3.05) is 6.54 Å². The number of hydrogen-bond acceptors (Lipinski definition) is 4. The van der Waals surface area contributed by atoms with Crippen LogP contribution in [0.15, 0.2) is 10.3 Å². The van der Waals surface area contributed by atoms with Crippen molar-refractivity contribution in [3.05, 3.63) is 15.8 Å². The Kier molecular flexibility index (Phi) is 4.66. The molecule has 1 aromatic heterocycles. The number of hydrogen-bond donors (Lipinski definition) is 1. The summed E-state index contributed by atoms with van der Waals surface area (Å²) in [5.74, 6) is 0. The molecule has 0 aliphatic carbocycles. The smallest absolute Gasteiger partial charge is 0.244 e. The van der Waals surface area contributed by atoms with Gasteiger partial charge in [-0.05, 0) is 37.6 Å². The molecular formula is C13H21NO3S2. The van der Waals surface area contributed by atoms with Crippen molar-refractivity contribution in [3.8, 4) is 0 Å². The maximum atomic E-state index is 12.8. The largest absolute Gasteiger partial charge is 0.391 e. The molecule has 1 aliphatic heterocycles. The van der Waals surface area contributed by atoms with E-state index in [1.165, 1.54) is 11.3 Å². The Hall–Kier alpha value is -0.430. The van der Waals surface area contributed by atoms with Crippen molar-refractivity contribution < 1.29 is 13.5 Å². The SMILES string of the molecule is Cc1csc(CO)c1S(=O)(=O)N1CCCCCC1C. The van der Waals surface area contributed by atoms with E-state index in [1.807, 2.05) is 6.92 Å². The highest BCUT2D eigenvalue weighted by atomic mass is 32.2. The minimum absolute atomic E-state index is 0.0401. The molecule has 108 valence electrons. The Morgan fingerprint density at radius 3 is 2.84 bits per heavy atom. The minimum Gasteiger partial charge on any atom is -0.391 e. The molecule has 2 heterocycles. The zero-order chi connectivity index (χ0) is 14.0. The van der Waals surface area contributed by atoms with Crippen molar-refractivity contribution in [2.24, 2.45) is 0 Å². The number of rotatable bonds is 3. The molecular weight excluding hydrogens is 282 g/mol. The van der Waals surface area contributed by atoms with Gasteiger partial charge in [0.25, 0.3) is 0 Å². The average molecular weight is 303 g/mol. The molecule has 1 aromatic rings. The molecule has 1 saturated heterocycles. The van der Waals surface area contributed by atoms with E-state index in [0.29, 0.717) is 16.3 Å². The van der Waals surface area contributed by atoms with Gasteiger partial charge >= 0.3 is 0 Å². The molecule has 0 amide bonds. The first kappa shape index (κ1) is 15.0. The monoisotopic (exact) mass is 303 g/mol. The van der Waals surface area contributed by atoms with Crippen LogP contribution in [0.4, 0.5) is 0 Å². The van der Waals surface area contributed by atoms with E-state index in [0.717, 1.165) is 31.2 Å². The van der Waals surface area contributed by atoms with E-state index in [-0.39, 0.29) is 12.6 Å². The van der Waals surface area contributed by atoms with E-state index in [4.69, 9.17) is 0 Å². The summed E-state index contributed by atoms with van der Waals surface area (Å²) < 4.78 is 27.3. The number of aliphatic hydroxyl groups is 1. The Balaban J connectivity index is 2.43. The first-order chi connectivity index (χ1) is 8.98. The van der Waals surface area contributed by atoms with Crippen LogP contribution >= 0.6 is 11.3 Å². The lowest BCUT2D eigenvalue weighted by molar-refractivity contribution is 0.281. The normalized spacial score (nSPS) is 22.4. The van der Waals surface area contributed by atoms with Crippen molar-refractivity contribution in [1.29, 1.82) is 0 Å². The van der Waals surface area contributed by atoms with Crippen LogP contribution in [0.25, 0.3) is 0 Å². The first-order valence-electron chi connectivity index (χ1n) is 6.68. The fourth-order valence-electron chi connectivity index (χ4n) is 2.67. The van der Waals surface area contributed by atoms with Crippen molar-refractivity contribution in [2.45, 2.75) is 57.1 Å². The van der Waals surface area contributed by atoms with Crippen LogP contribution in [-0.2, 0) is 16.6 Å². The van der Waals surface area contributed by atoms with E-state index in [2.05, 4.69) is 0 Å². The van der Waals surface area contributed by atoms with Gasteiger partial charge < -0.3 is 5.11 Å². The van der Waals surface area contributed by atoms with Gasteiger partial charge in [0.05, 0.1) is 11.5 Å². The quantitative estimate of drug-likeness (QED) is 0.933. The molecule has 19 heavy (non-hydrogen) atoms. The van der Waals surface area contributed by atoms with Gasteiger partial charge in [-0.25, -0.2) is 8.42 Å². The molecule has 0 aromatic carbocycles. The third kappa shape index (κ3) is 2.86. The zero-order valence-corrected chi connectivity index (χ0v) is 13.1. The number of thiophene rings is 1. The lowest BCUT2D eigenvalue weighted by Gasteiger charge is -2.26. The zero-order valence-electron chi connectivity index (χ0n) is 11.4. The van der Waals surface area contributed by atoms with E-state index in [9.17, 15) is 13.5 Å². The summed E-state index contributed by atoms with van der Waals surface area (Å²) in [6, 6.07) is 0.0401. The highest BCUT2D eigenvalue weighted by molar-refractivity contribution is 7.89. The minimum atomic E-state index is -3.48. The third-order valence-corrected chi connectivity index (χ3v) is 7.15. The molecule has 1 atom stereocenters. The molecule has 0 bridgehead atoms. The second-order valence-corrected chi connectivity index (χ2v) is 7.93. The Bertz CT molecular complexity index is 536. The molecule has 2 rings (SSSR count). The van der Waals surface area contributed by atoms with Crippen molar-refractivity contribution in [1.82, 2.24) is 4.31 Å². The van der Waals surface area contributed by atoms with Crippen LogP contribution < -0.4 is 0 Å². The van der Waals surface area contributed by atoms with Gasteiger partial charge in [0.1, 0.15) is 4.90 Å². The third-order valence-electron chi connectivity index (χ3n) is 3.69. The Morgan fingerprint density at radius 1 is 1.42 bits per heavy atom. The molecule has 1 fully saturated rings. The standard InChI is InChI=1S/C13H21NO3S2/c1-10-9-18-12(8-15)13(10)19(16,17)14-7-5-3-4-6-11(14)2/h9,11,15H,3-8H2,1-2H3. The van der Waals surface area contributed by atoms with Gasteiger partial charge in [-0.2, -0.15) is 4.31 Å². The number of sulfonamides is 1. The van der Waals surface area contributed by atoms with Crippen LogP contribution in [0.5, 0.6) is 0 Å². The van der Waals surface area contributed by atoms with Gasteiger partial charge in [0.15, 0.2) is 0 Å². The molecule has 0 saturated carbocycles. The van der Waals surface area contributed by atoms with Crippen LogP contribution in [-0.4, -0.2) is 30.4 Å². The number of aryl methyl sites for hydroxylation is 1. The van der Waals surface area contributed by atoms with Gasteiger partial charge in [-0.15, -0.1) is 11.3 Å². The maximum Gasteiger partial charge on any atom is 0.244 e. The second-order valence-electron chi connectivity index (χ2n) is 5.14. The maximum absolute atomic E-state index is 12.8. The van der Waals surface area contributed by atoms with E-state index in [1.54, 1.807) is 16.6 Å². The van der Waals surface area contributed by atoms with Crippen molar-refractivity contribution >= 4 is 21.4 Å².